The van der Waals surface area contributed by atoms with E-state index < -0.39 is 0 Å². The van der Waals surface area contributed by atoms with Gasteiger partial charge in [-0.3, -0.25) is 0 Å². The summed E-state index contributed by atoms with van der Waals surface area (Å²) in [7, 11) is 0. The molecule has 0 spiro atoms. The Morgan fingerprint density at radius 2 is 2.20 bits per heavy atom. The van der Waals surface area contributed by atoms with E-state index in [2.05, 4.69) is 37.3 Å². The maximum Gasteiger partial charge on any atom is 0.107 e. The maximum absolute atomic E-state index is 4.41. The minimum absolute atomic E-state index is 0.598. The third kappa shape index (κ3) is 4.53. The van der Waals surface area contributed by atoms with Crippen molar-refractivity contribution in [3.63, 3.8) is 0 Å². The summed E-state index contributed by atoms with van der Waals surface area (Å²) in [5.74, 6) is 0.598. The average Bonchev–Trinajstić information content (AvgIpc) is 2.66. The first-order valence-electron chi connectivity index (χ1n) is 5.31. The van der Waals surface area contributed by atoms with Gasteiger partial charge in [-0.1, -0.05) is 20.8 Å². The third-order valence-electron chi connectivity index (χ3n) is 2.25. The first kappa shape index (κ1) is 13.0. The standard InChI is InChI=1S/C11H20N2S2/c1-8(2)10-6-13-11(15-10)7-12-5-9(3)14-4/h6,8-9,12H,5,7H2,1-4H3. The van der Waals surface area contributed by atoms with Gasteiger partial charge < -0.3 is 5.32 Å². The van der Waals surface area contributed by atoms with E-state index in [1.165, 1.54) is 9.88 Å². The van der Waals surface area contributed by atoms with Crippen LogP contribution in [0.3, 0.4) is 0 Å². The second kappa shape index (κ2) is 6.51. The van der Waals surface area contributed by atoms with E-state index in [9.17, 15) is 0 Å². The summed E-state index contributed by atoms with van der Waals surface area (Å²) in [6.45, 7) is 8.61. The van der Waals surface area contributed by atoms with Gasteiger partial charge in [-0.2, -0.15) is 11.8 Å². The number of nitrogens with zero attached hydrogens (tertiary/aromatic N) is 1. The smallest absolute Gasteiger partial charge is 0.107 e. The second-order valence-electron chi connectivity index (χ2n) is 3.99. The molecule has 1 N–H and O–H groups in total. The zero-order valence-corrected chi connectivity index (χ0v) is 11.5. The molecule has 1 rings (SSSR count). The topological polar surface area (TPSA) is 24.9 Å². The normalized spacial score (nSPS) is 13.4. The molecular weight excluding hydrogens is 224 g/mol. The van der Waals surface area contributed by atoms with Gasteiger partial charge in [0.15, 0.2) is 0 Å². The van der Waals surface area contributed by atoms with Crippen LogP contribution in [-0.4, -0.2) is 23.0 Å². The Labute approximate surface area is 101 Å². The second-order valence-corrected chi connectivity index (χ2v) is 6.41. The molecule has 15 heavy (non-hydrogen) atoms. The van der Waals surface area contributed by atoms with Crippen molar-refractivity contribution in [2.75, 3.05) is 12.8 Å². The summed E-state index contributed by atoms with van der Waals surface area (Å²) < 4.78 is 0. The summed E-state index contributed by atoms with van der Waals surface area (Å²) in [5.41, 5.74) is 0. The Balaban J connectivity index is 2.31. The lowest BCUT2D eigenvalue weighted by Crippen LogP contribution is -2.21. The number of thioether (sulfide) groups is 1. The van der Waals surface area contributed by atoms with Crippen LogP contribution in [0.2, 0.25) is 0 Å². The molecule has 0 fully saturated rings. The molecule has 1 unspecified atom stereocenters. The molecule has 1 aromatic heterocycles. The minimum Gasteiger partial charge on any atom is -0.309 e. The van der Waals surface area contributed by atoms with Gasteiger partial charge in [0.2, 0.25) is 0 Å². The van der Waals surface area contributed by atoms with Crippen molar-refractivity contribution >= 4 is 23.1 Å². The number of nitrogens with one attached hydrogen (secondary N) is 1. The van der Waals surface area contributed by atoms with Gasteiger partial charge in [0.25, 0.3) is 0 Å². The zero-order valence-electron chi connectivity index (χ0n) is 9.91. The molecule has 0 aliphatic carbocycles. The van der Waals surface area contributed by atoms with Crippen molar-refractivity contribution in [1.82, 2.24) is 10.3 Å². The number of thiazole rings is 1. The molecule has 0 aliphatic rings. The lowest BCUT2D eigenvalue weighted by Gasteiger charge is -2.07. The first-order valence-corrected chi connectivity index (χ1v) is 7.42. The molecule has 86 valence electrons. The molecule has 0 amide bonds. The lowest BCUT2D eigenvalue weighted by molar-refractivity contribution is 0.681. The van der Waals surface area contributed by atoms with Crippen molar-refractivity contribution in [2.45, 2.75) is 38.5 Å². The van der Waals surface area contributed by atoms with E-state index in [0.717, 1.165) is 13.1 Å². The van der Waals surface area contributed by atoms with Crippen LogP contribution in [0.1, 0.15) is 36.6 Å². The Kier molecular flexibility index (Phi) is 5.64. The lowest BCUT2D eigenvalue weighted by atomic mass is 10.2. The van der Waals surface area contributed by atoms with E-state index in [-0.39, 0.29) is 0 Å². The van der Waals surface area contributed by atoms with Gasteiger partial charge in [0.1, 0.15) is 5.01 Å². The number of hydrogen-bond donors (Lipinski definition) is 1. The average molecular weight is 244 g/mol. The molecule has 0 aliphatic heterocycles. The van der Waals surface area contributed by atoms with Gasteiger partial charge in [0.05, 0.1) is 0 Å². The maximum atomic E-state index is 4.41. The molecule has 1 heterocycles. The van der Waals surface area contributed by atoms with E-state index in [4.69, 9.17) is 0 Å². The fraction of sp³-hybridized carbons (Fsp3) is 0.727. The molecule has 0 saturated heterocycles. The van der Waals surface area contributed by atoms with E-state index in [1.54, 1.807) is 0 Å². The van der Waals surface area contributed by atoms with E-state index in [1.807, 2.05) is 29.3 Å². The Bertz CT molecular complexity index is 284. The predicted octanol–water partition coefficient (Wildman–Crippen LogP) is 3.11. The number of rotatable bonds is 6. The molecular formula is C11H20N2S2. The Morgan fingerprint density at radius 1 is 1.47 bits per heavy atom. The third-order valence-corrected chi connectivity index (χ3v) is 4.52. The first-order chi connectivity index (χ1) is 7.13. The van der Waals surface area contributed by atoms with Crippen molar-refractivity contribution in [1.29, 1.82) is 0 Å². The van der Waals surface area contributed by atoms with Crippen LogP contribution in [0.15, 0.2) is 6.20 Å². The quantitative estimate of drug-likeness (QED) is 0.832. The number of hydrogen-bond acceptors (Lipinski definition) is 4. The summed E-state index contributed by atoms with van der Waals surface area (Å²) in [5, 5.41) is 5.31. The largest absolute Gasteiger partial charge is 0.309 e. The van der Waals surface area contributed by atoms with Crippen molar-refractivity contribution in [3.05, 3.63) is 16.1 Å². The highest BCUT2D eigenvalue weighted by molar-refractivity contribution is 7.99. The van der Waals surface area contributed by atoms with Gasteiger partial charge in [-0.05, 0) is 12.2 Å². The molecule has 1 atom stereocenters. The van der Waals surface area contributed by atoms with Crippen LogP contribution in [-0.2, 0) is 6.54 Å². The molecule has 4 heteroatoms. The van der Waals surface area contributed by atoms with Gasteiger partial charge in [-0.15, -0.1) is 11.3 Å². The highest BCUT2D eigenvalue weighted by atomic mass is 32.2. The highest BCUT2D eigenvalue weighted by Crippen LogP contribution is 2.21. The van der Waals surface area contributed by atoms with Gasteiger partial charge >= 0.3 is 0 Å². The molecule has 0 saturated carbocycles. The van der Waals surface area contributed by atoms with E-state index >= 15 is 0 Å². The minimum atomic E-state index is 0.598. The van der Waals surface area contributed by atoms with Gasteiger partial charge in [-0.25, -0.2) is 4.98 Å². The fourth-order valence-corrected chi connectivity index (χ4v) is 2.32. The summed E-state index contributed by atoms with van der Waals surface area (Å²) >= 11 is 3.71. The van der Waals surface area contributed by atoms with Crippen molar-refractivity contribution < 1.29 is 0 Å². The van der Waals surface area contributed by atoms with Crippen LogP contribution in [0.5, 0.6) is 0 Å². The predicted molar refractivity (Wildman–Crippen MR) is 70.9 cm³/mol. The zero-order chi connectivity index (χ0) is 11.3. The van der Waals surface area contributed by atoms with Crippen LogP contribution in [0, 0.1) is 0 Å². The van der Waals surface area contributed by atoms with Gasteiger partial charge in [0, 0.05) is 29.4 Å². The molecule has 0 radical (unpaired) electrons. The van der Waals surface area contributed by atoms with Crippen LogP contribution in [0.25, 0.3) is 0 Å². The molecule has 0 aromatic carbocycles. The van der Waals surface area contributed by atoms with Crippen LogP contribution in [0.4, 0.5) is 0 Å². The molecule has 1 aromatic rings. The van der Waals surface area contributed by atoms with Crippen molar-refractivity contribution in [2.24, 2.45) is 0 Å². The summed E-state index contributed by atoms with van der Waals surface area (Å²) in [4.78, 5) is 5.79. The Hall–Kier alpha value is -0.0600. The van der Waals surface area contributed by atoms with Crippen LogP contribution < -0.4 is 5.32 Å². The Morgan fingerprint density at radius 3 is 2.73 bits per heavy atom. The molecule has 2 nitrogen and oxygen atoms in total. The van der Waals surface area contributed by atoms with Crippen molar-refractivity contribution in [3.8, 4) is 0 Å². The highest BCUT2D eigenvalue weighted by Gasteiger charge is 2.05. The fourth-order valence-electron chi connectivity index (χ4n) is 1.14. The van der Waals surface area contributed by atoms with E-state index in [0.29, 0.717) is 11.2 Å². The summed E-state index contributed by atoms with van der Waals surface area (Å²) in [6, 6.07) is 0. The summed E-state index contributed by atoms with van der Waals surface area (Å²) in [6.07, 6.45) is 4.15. The SMILES string of the molecule is CSC(C)CNCc1ncc(C(C)C)s1. The van der Waals surface area contributed by atoms with Crippen LogP contribution >= 0.6 is 23.1 Å². The molecule has 0 bridgehead atoms. The monoisotopic (exact) mass is 244 g/mol. The number of aromatic nitrogens is 1.